The number of hydrogen-bond donors (Lipinski definition) is 1. The summed E-state index contributed by atoms with van der Waals surface area (Å²) in [6.07, 6.45) is 1.66. The molecule has 0 aliphatic heterocycles. The molecule has 0 radical (unpaired) electrons. The van der Waals surface area contributed by atoms with Crippen molar-refractivity contribution < 1.29 is 18.6 Å². The third-order valence-electron chi connectivity index (χ3n) is 2.03. The zero-order chi connectivity index (χ0) is 16.9. The fourth-order valence-electron chi connectivity index (χ4n) is 1.12. The fourth-order valence-corrected chi connectivity index (χ4v) is 1.48. The van der Waals surface area contributed by atoms with Gasteiger partial charge in [-0.2, -0.15) is 0 Å². The molecule has 22 heavy (non-hydrogen) atoms. The van der Waals surface area contributed by atoms with Crippen molar-refractivity contribution in [3.8, 4) is 0 Å². The van der Waals surface area contributed by atoms with Crippen LogP contribution in [0.25, 0.3) is 0 Å². The van der Waals surface area contributed by atoms with Crippen LogP contribution in [0.15, 0.2) is 33.9 Å². The van der Waals surface area contributed by atoms with E-state index < -0.39 is 32.7 Å². The molecule has 0 atom stereocenters. The van der Waals surface area contributed by atoms with Crippen LogP contribution in [0.2, 0.25) is 0 Å². The van der Waals surface area contributed by atoms with Crippen molar-refractivity contribution in [3.05, 3.63) is 71.3 Å². The van der Waals surface area contributed by atoms with Crippen molar-refractivity contribution in [1.82, 2.24) is 9.97 Å². The number of rotatable bonds is 2. The van der Waals surface area contributed by atoms with Crippen LogP contribution in [-0.2, 0) is 0 Å². The molecule has 9 nitrogen and oxygen atoms in total. The lowest BCUT2D eigenvalue weighted by molar-refractivity contribution is -0.386. The van der Waals surface area contributed by atoms with Crippen LogP contribution in [0.1, 0.15) is 0 Å². The maximum atomic E-state index is 12.3. The van der Waals surface area contributed by atoms with E-state index in [4.69, 9.17) is 0 Å². The molecular formula is C10H5BrF2N4O5. The van der Waals surface area contributed by atoms with E-state index in [1.807, 2.05) is 4.98 Å². The SMILES string of the molecule is O=[N+]([O-])c1cc(F)cnc1Br.O=c1[nH]cc(F)cc1[N+](=O)[O-]. The van der Waals surface area contributed by atoms with Crippen LogP contribution in [0.3, 0.4) is 0 Å². The molecular weight excluding hydrogens is 374 g/mol. The second kappa shape index (κ2) is 7.31. The van der Waals surface area contributed by atoms with Gasteiger partial charge in [-0.25, -0.2) is 13.8 Å². The predicted molar refractivity (Wildman–Crippen MR) is 72.2 cm³/mol. The number of nitrogens with zero attached hydrogens (tertiary/aromatic N) is 3. The van der Waals surface area contributed by atoms with Gasteiger partial charge in [-0.15, -0.1) is 0 Å². The first-order valence-electron chi connectivity index (χ1n) is 5.20. The van der Waals surface area contributed by atoms with Gasteiger partial charge in [0.1, 0.15) is 11.6 Å². The maximum absolute atomic E-state index is 12.3. The first-order chi connectivity index (χ1) is 10.2. The molecule has 0 fully saturated rings. The number of halogens is 3. The molecule has 0 aromatic carbocycles. The number of hydrogen-bond acceptors (Lipinski definition) is 6. The minimum absolute atomic E-state index is 0.0314. The number of aromatic nitrogens is 2. The standard InChI is InChI=1S/C5H2BrFN2O2.C5H3FN2O3/c6-5-4(9(10)11)1-3(7)2-8-5;6-3-1-4(8(10)11)5(9)7-2-3/h1-2H;1-2H,(H,7,9). The summed E-state index contributed by atoms with van der Waals surface area (Å²) in [6, 6.07) is 1.37. The predicted octanol–water partition coefficient (Wildman–Crippen LogP) is 2.31. The van der Waals surface area contributed by atoms with Crippen molar-refractivity contribution >= 4 is 27.3 Å². The van der Waals surface area contributed by atoms with Gasteiger partial charge in [0, 0.05) is 6.20 Å². The molecule has 1 N–H and O–H groups in total. The molecule has 0 spiro atoms. The van der Waals surface area contributed by atoms with E-state index in [9.17, 15) is 33.8 Å². The summed E-state index contributed by atoms with van der Waals surface area (Å²) in [7, 11) is 0. The Labute approximate surface area is 128 Å². The van der Waals surface area contributed by atoms with E-state index in [0.29, 0.717) is 6.07 Å². The van der Waals surface area contributed by atoms with Crippen LogP contribution in [0.5, 0.6) is 0 Å². The molecule has 12 heteroatoms. The lowest BCUT2D eigenvalue weighted by atomic mass is 10.4. The van der Waals surface area contributed by atoms with Gasteiger partial charge in [-0.1, -0.05) is 0 Å². The molecule has 2 heterocycles. The van der Waals surface area contributed by atoms with Crippen LogP contribution >= 0.6 is 15.9 Å². The third-order valence-corrected chi connectivity index (χ3v) is 2.64. The highest BCUT2D eigenvalue weighted by atomic mass is 79.9. The first kappa shape index (κ1) is 17.3. The summed E-state index contributed by atoms with van der Waals surface area (Å²) in [6.45, 7) is 0. The van der Waals surface area contributed by atoms with E-state index in [-0.39, 0.29) is 10.3 Å². The van der Waals surface area contributed by atoms with Gasteiger partial charge >= 0.3 is 16.9 Å². The fraction of sp³-hybridized carbons (Fsp3) is 0. The highest BCUT2D eigenvalue weighted by Gasteiger charge is 2.13. The normalized spacial score (nSPS) is 9.59. The van der Waals surface area contributed by atoms with Crippen LogP contribution in [0, 0.1) is 31.9 Å². The number of pyridine rings is 2. The highest BCUT2D eigenvalue weighted by Crippen LogP contribution is 2.21. The number of H-pyrrole nitrogens is 1. The molecule has 116 valence electrons. The number of nitro groups is 2. The maximum Gasteiger partial charge on any atom is 0.336 e. The molecule has 0 aliphatic carbocycles. The quantitative estimate of drug-likeness (QED) is 0.484. The van der Waals surface area contributed by atoms with Gasteiger partial charge in [0.2, 0.25) is 0 Å². The Hall–Kier alpha value is -2.76. The Morgan fingerprint density at radius 1 is 1.09 bits per heavy atom. The Balaban J connectivity index is 0.000000220. The molecule has 0 aliphatic rings. The van der Waals surface area contributed by atoms with Crippen molar-refractivity contribution in [2.75, 3.05) is 0 Å². The molecule has 0 bridgehead atoms. The Morgan fingerprint density at radius 3 is 2.09 bits per heavy atom. The van der Waals surface area contributed by atoms with Gasteiger partial charge in [0.25, 0.3) is 0 Å². The Bertz CT molecular complexity index is 782. The van der Waals surface area contributed by atoms with Crippen molar-refractivity contribution in [2.24, 2.45) is 0 Å². The van der Waals surface area contributed by atoms with Gasteiger partial charge in [0.15, 0.2) is 4.60 Å². The summed E-state index contributed by atoms with van der Waals surface area (Å²) < 4.78 is 24.6. The Morgan fingerprint density at radius 2 is 1.64 bits per heavy atom. The summed E-state index contributed by atoms with van der Waals surface area (Å²) >= 11 is 2.81. The van der Waals surface area contributed by atoms with E-state index in [0.717, 1.165) is 18.5 Å². The molecule has 0 amide bonds. The van der Waals surface area contributed by atoms with Crippen molar-refractivity contribution in [1.29, 1.82) is 0 Å². The molecule has 0 unspecified atom stereocenters. The summed E-state index contributed by atoms with van der Waals surface area (Å²) in [4.78, 5) is 34.3. The molecule has 0 saturated carbocycles. The molecule has 2 aromatic rings. The molecule has 2 aromatic heterocycles. The van der Waals surface area contributed by atoms with Crippen LogP contribution in [-0.4, -0.2) is 19.8 Å². The van der Waals surface area contributed by atoms with Crippen molar-refractivity contribution in [3.63, 3.8) is 0 Å². The van der Waals surface area contributed by atoms with Gasteiger partial charge < -0.3 is 4.98 Å². The number of aromatic amines is 1. The van der Waals surface area contributed by atoms with Crippen molar-refractivity contribution in [2.45, 2.75) is 0 Å². The van der Waals surface area contributed by atoms with E-state index >= 15 is 0 Å². The van der Waals surface area contributed by atoms with E-state index in [1.165, 1.54) is 0 Å². The second-order valence-electron chi connectivity index (χ2n) is 3.51. The third kappa shape index (κ3) is 4.66. The van der Waals surface area contributed by atoms with Gasteiger partial charge in [-0.05, 0) is 15.9 Å². The number of nitrogens with one attached hydrogen (secondary N) is 1. The second-order valence-corrected chi connectivity index (χ2v) is 4.26. The highest BCUT2D eigenvalue weighted by molar-refractivity contribution is 9.10. The zero-order valence-corrected chi connectivity index (χ0v) is 11.9. The van der Waals surface area contributed by atoms with Crippen LogP contribution < -0.4 is 5.56 Å². The first-order valence-corrected chi connectivity index (χ1v) is 5.99. The average Bonchev–Trinajstić information content (AvgIpc) is 2.44. The summed E-state index contributed by atoms with van der Waals surface area (Å²) in [5.41, 5.74) is -2.06. The lowest BCUT2D eigenvalue weighted by Gasteiger charge is -1.92. The van der Waals surface area contributed by atoms with E-state index in [2.05, 4.69) is 20.9 Å². The minimum atomic E-state index is -0.943. The molecule has 0 saturated heterocycles. The monoisotopic (exact) mass is 378 g/mol. The molecule has 2 rings (SSSR count). The minimum Gasteiger partial charge on any atom is -0.320 e. The van der Waals surface area contributed by atoms with E-state index in [1.54, 1.807) is 0 Å². The summed E-state index contributed by atoms with van der Waals surface area (Å²) in [5.74, 6) is -1.56. The topological polar surface area (TPSA) is 132 Å². The zero-order valence-electron chi connectivity index (χ0n) is 10.3. The lowest BCUT2D eigenvalue weighted by Crippen LogP contribution is -2.10. The van der Waals surface area contributed by atoms with Gasteiger partial charge in [0.05, 0.1) is 28.2 Å². The smallest absolute Gasteiger partial charge is 0.320 e. The Kier molecular flexibility index (Phi) is 5.74. The average molecular weight is 379 g/mol. The van der Waals surface area contributed by atoms with Gasteiger partial charge in [-0.3, -0.25) is 25.0 Å². The summed E-state index contributed by atoms with van der Waals surface area (Å²) in [5, 5.41) is 20.1. The van der Waals surface area contributed by atoms with Crippen LogP contribution in [0.4, 0.5) is 20.2 Å². The largest absolute Gasteiger partial charge is 0.336 e.